The van der Waals surface area contributed by atoms with Crippen molar-refractivity contribution in [1.82, 2.24) is 15.0 Å². The van der Waals surface area contributed by atoms with E-state index in [0.29, 0.717) is 0 Å². The Hall–Kier alpha value is -2.98. The average molecular weight is 298 g/mol. The maximum Gasteiger partial charge on any atom is 0.139 e. The van der Waals surface area contributed by atoms with Gasteiger partial charge >= 0.3 is 0 Å². The number of nitrogens with zero attached hydrogens (tertiary/aromatic N) is 2. The number of rotatable bonds is 1. The zero-order chi connectivity index (χ0) is 15.4. The fourth-order valence-corrected chi connectivity index (χ4v) is 3.48. The van der Waals surface area contributed by atoms with Gasteiger partial charge in [0.2, 0.25) is 0 Å². The van der Waals surface area contributed by atoms with Gasteiger partial charge in [-0.2, -0.15) is 0 Å². The van der Waals surface area contributed by atoms with E-state index in [2.05, 4.69) is 40.3 Å². The molecule has 4 nitrogen and oxygen atoms in total. The lowest BCUT2D eigenvalue weighted by atomic mass is 9.99. The number of H-pyrrole nitrogens is 1. The van der Waals surface area contributed by atoms with Crippen molar-refractivity contribution in [3.8, 4) is 22.5 Å². The summed E-state index contributed by atoms with van der Waals surface area (Å²) < 4.78 is 0. The van der Waals surface area contributed by atoms with Crippen molar-refractivity contribution in [2.24, 2.45) is 5.73 Å². The number of hydrogen-bond acceptors (Lipinski definition) is 3. The number of hydrogen-bond donors (Lipinski definition) is 2. The molecule has 4 aromatic rings. The van der Waals surface area contributed by atoms with Gasteiger partial charge in [-0.15, -0.1) is 0 Å². The Morgan fingerprint density at radius 2 is 1.74 bits per heavy atom. The van der Waals surface area contributed by atoms with Gasteiger partial charge in [0.1, 0.15) is 5.82 Å². The zero-order valence-electron chi connectivity index (χ0n) is 12.3. The van der Waals surface area contributed by atoms with E-state index in [1.807, 2.05) is 18.2 Å². The highest BCUT2D eigenvalue weighted by atomic mass is 14.9. The van der Waals surface area contributed by atoms with Crippen molar-refractivity contribution in [2.45, 2.75) is 6.04 Å². The SMILES string of the molecule is N[C@@H]1c2ccccc2-c2c(-c3nc4ccncc4[nH]3)cccc21. The van der Waals surface area contributed by atoms with Gasteiger partial charge in [-0.1, -0.05) is 42.5 Å². The summed E-state index contributed by atoms with van der Waals surface area (Å²) in [5.41, 5.74) is 14.1. The largest absolute Gasteiger partial charge is 0.337 e. The van der Waals surface area contributed by atoms with Crippen molar-refractivity contribution < 1.29 is 0 Å². The molecular formula is C19H14N4. The predicted octanol–water partition coefficient (Wildman–Crippen LogP) is 3.65. The van der Waals surface area contributed by atoms with Crippen LogP contribution < -0.4 is 5.73 Å². The fourth-order valence-electron chi connectivity index (χ4n) is 3.48. The lowest BCUT2D eigenvalue weighted by Gasteiger charge is -2.08. The first-order valence-corrected chi connectivity index (χ1v) is 7.61. The van der Waals surface area contributed by atoms with E-state index in [9.17, 15) is 0 Å². The Balaban J connectivity index is 1.81. The molecule has 1 atom stereocenters. The topological polar surface area (TPSA) is 67.6 Å². The third-order valence-electron chi connectivity index (χ3n) is 4.54. The van der Waals surface area contributed by atoms with Crippen LogP contribution in [0.15, 0.2) is 60.9 Å². The van der Waals surface area contributed by atoms with Crippen molar-refractivity contribution >= 4 is 11.0 Å². The number of aromatic nitrogens is 3. The Bertz CT molecular complexity index is 1020. The Morgan fingerprint density at radius 3 is 2.65 bits per heavy atom. The molecule has 0 radical (unpaired) electrons. The molecule has 3 N–H and O–H groups in total. The molecule has 4 heteroatoms. The first kappa shape index (κ1) is 12.6. The van der Waals surface area contributed by atoms with Gasteiger partial charge in [-0.25, -0.2) is 4.98 Å². The van der Waals surface area contributed by atoms with Gasteiger partial charge in [0.15, 0.2) is 0 Å². The molecular weight excluding hydrogens is 284 g/mol. The predicted molar refractivity (Wildman–Crippen MR) is 90.8 cm³/mol. The Morgan fingerprint density at radius 1 is 0.913 bits per heavy atom. The van der Waals surface area contributed by atoms with E-state index < -0.39 is 0 Å². The molecule has 0 saturated carbocycles. The van der Waals surface area contributed by atoms with E-state index in [0.717, 1.165) is 28.0 Å². The van der Waals surface area contributed by atoms with Crippen LogP contribution in [0, 0.1) is 0 Å². The molecule has 0 fully saturated rings. The van der Waals surface area contributed by atoms with Crippen LogP contribution in [0.1, 0.15) is 17.2 Å². The lowest BCUT2D eigenvalue weighted by Crippen LogP contribution is -2.07. The summed E-state index contributed by atoms with van der Waals surface area (Å²) in [6, 6.07) is 16.4. The number of nitrogens with one attached hydrogen (secondary N) is 1. The minimum absolute atomic E-state index is 0.0767. The summed E-state index contributed by atoms with van der Waals surface area (Å²) >= 11 is 0. The number of aromatic amines is 1. The van der Waals surface area contributed by atoms with Crippen molar-refractivity contribution in [2.75, 3.05) is 0 Å². The van der Waals surface area contributed by atoms with E-state index in [1.165, 1.54) is 16.7 Å². The minimum atomic E-state index is -0.0767. The highest BCUT2D eigenvalue weighted by molar-refractivity contribution is 5.91. The molecule has 0 bridgehead atoms. The van der Waals surface area contributed by atoms with Crippen LogP contribution in [0.5, 0.6) is 0 Å². The maximum absolute atomic E-state index is 6.44. The molecule has 23 heavy (non-hydrogen) atoms. The normalized spacial score (nSPS) is 15.6. The summed E-state index contributed by atoms with van der Waals surface area (Å²) in [6.07, 6.45) is 3.56. The molecule has 0 unspecified atom stereocenters. The van der Waals surface area contributed by atoms with Gasteiger partial charge in [-0.3, -0.25) is 4.98 Å². The molecule has 0 amide bonds. The van der Waals surface area contributed by atoms with Gasteiger partial charge in [0.25, 0.3) is 0 Å². The van der Waals surface area contributed by atoms with Gasteiger partial charge in [0.05, 0.1) is 23.3 Å². The second-order valence-electron chi connectivity index (χ2n) is 5.81. The van der Waals surface area contributed by atoms with Crippen LogP contribution in [0.4, 0.5) is 0 Å². The molecule has 1 aliphatic rings. The van der Waals surface area contributed by atoms with Crippen LogP contribution in [0.3, 0.4) is 0 Å². The smallest absolute Gasteiger partial charge is 0.139 e. The lowest BCUT2D eigenvalue weighted by molar-refractivity contribution is 0.901. The molecule has 0 saturated heterocycles. The van der Waals surface area contributed by atoms with Gasteiger partial charge in [-0.05, 0) is 28.3 Å². The molecule has 2 aromatic carbocycles. The van der Waals surface area contributed by atoms with E-state index in [1.54, 1.807) is 12.4 Å². The van der Waals surface area contributed by atoms with E-state index >= 15 is 0 Å². The fraction of sp³-hybridized carbons (Fsp3) is 0.0526. The zero-order valence-corrected chi connectivity index (χ0v) is 12.3. The van der Waals surface area contributed by atoms with Crippen molar-refractivity contribution in [3.05, 3.63) is 72.1 Å². The number of pyridine rings is 1. The quantitative estimate of drug-likeness (QED) is 0.563. The molecule has 1 aliphatic carbocycles. The summed E-state index contributed by atoms with van der Waals surface area (Å²) in [5, 5.41) is 0. The molecule has 2 aromatic heterocycles. The highest BCUT2D eigenvalue weighted by Gasteiger charge is 2.28. The summed E-state index contributed by atoms with van der Waals surface area (Å²) in [5.74, 6) is 0.855. The monoisotopic (exact) mass is 298 g/mol. The average Bonchev–Trinajstić information content (AvgIpc) is 3.15. The van der Waals surface area contributed by atoms with Crippen LogP contribution in [-0.2, 0) is 0 Å². The van der Waals surface area contributed by atoms with Gasteiger partial charge < -0.3 is 10.7 Å². The molecule has 110 valence electrons. The standard InChI is InChI=1S/C19H14N4/c20-18-12-5-2-1-4-11(12)17-13(18)6-3-7-14(17)19-22-15-8-9-21-10-16(15)23-19/h1-10,18H,20H2,(H,22,23)/t18-/m1/s1. The van der Waals surface area contributed by atoms with Crippen molar-refractivity contribution in [1.29, 1.82) is 0 Å². The van der Waals surface area contributed by atoms with E-state index in [4.69, 9.17) is 10.7 Å². The second kappa shape index (κ2) is 4.51. The number of imidazole rings is 1. The third kappa shape index (κ3) is 1.69. The molecule has 0 spiro atoms. The first-order chi connectivity index (χ1) is 11.3. The van der Waals surface area contributed by atoms with Crippen LogP contribution in [0.2, 0.25) is 0 Å². The van der Waals surface area contributed by atoms with Crippen molar-refractivity contribution in [3.63, 3.8) is 0 Å². The molecule has 5 rings (SSSR count). The summed E-state index contributed by atoms with van der Waals surface area (Å²) in [4.78, 5) is 12.2. The summed E-state index contributed by atoms with van der Waals surface area (Å²) in [7, 11) is 0. The number of nitrogens with two attached hydrogens (primary N) is 1. The third-order valence-corrected chi connectivity index (χ3v) is 4.54. The van der Waals surface area contributed by atoms with Crippen LogP contribution >= 0.6 is 0 Å². The Labute approximate surface area is 133 Å². The minimum Gasteiger partial charge on any atom is -0.337 e. The number of fused-ring (bicyclic) bond motifs is 4. The Kier molecular flexibility index (Phi) is 2.46. The molecule has 2 heterocycles. The number of benzene rings is 2. The highest BCUT2D eigenvalue weighted by Crippen LogP contribution is 2.46. The second-order valence-corrected chi connectivity index (χ2v) is 5.81. The maximum atomic E-state index is 6.44. The molecule has 0 aliphatic heterocycles. The first-order valence-electron chi connectivity index (χ1n) is 7.61. The summed E-state index contributed by atoms with van der Waals surface area (Å²) in [6.45, 7) is 0. The van der Waals surface area contributed by atoms with Gasteiger partial charge in [0, 0.05) is 11.8 Å². The van der Waals surface area contributed by atoms with Crippen LogP contribution in [-0.4, -0.2) is 15.0 Å². The van der Waals surface area contributed by atoms with E-state index in [-0.39, 0.29) is 6.04 Å². The van der Waals surface area contributed by atoms with Crippen LogP contribution in [0.25, 0.3) is 33.5 Å².